The molecule has 1 aromatic heterocycles. The number of nitrogens with one attached hydrogen (secondary N) is 1. The molecule has 0 saturated heterocycles. The minimum atomic E-state index is -0.816. The van der Waals surface area contributed by atoms with Gasteiger partial charge in [-0.05, 0) is 23.8 Å². The summed E-state index contributed by atoms with van der Waals surface area (Å²) in [5.74, 6) is -0.816. The molecule has 0 unspecified atom stereocenters. The van der Waals surface area contributed by atoms with E-state index in [4.69, 9.17) is 16.7 Å². The van der Waals surface area contributed by atoms with Crippen LogP contribution in [0.1, 0.15) is 11.3 Å². The minimum absolute atomic E-state index is 0. The number of carboxylic acid groups (broad SMARTS) is 1. The van der Waals surface area contributed by atoms with Crippen molar-refractivity contribution in [2.24, 2.45) is 0 Å². The van der Waals surface area contributed by atoms with E-state index in [1.54, 1.807) is 6.07 Å². The fourth-order valence-electron chi connectivity index (χ4n) is 2.67. The molecule has 3 rings (SSSR count). The lowest BCUT2D eigenvalue weighted by molar-refractivity contribution is -0.137. The van der Waals surface area contributed by atoms with Crippen molar-refractivity contribution in [2.75, 3.05) is 6.54 Å². The summed E-state index contributed by atoms with van der Waals surface area (Å²) in [6.45, 7) is 1.67. The Morgan fingerprint density at radius 3 is 3.00 bits per heavy atom. The Hall–Kier alpha value is -1.23. The maximum Gasteiger partial charge on any atom is 0.323 e. The molecule has 4 nitrogen and oxygen atoms in total. The Morgan fingerprint density at radius 1 is 1.47 bits per heavy atom. The highest BCUT2D eigenvalue weighted by atomic mass is 35.5. The predicted molar refractivity (Wildman–Crippen MR) is 77.2 cm³/mol. The van der Waals surface area contributed by atoms with Crippen LogP contribution in [0.2, 0.25) is 5.02 Å². The van der Waals surface area contributed by atoms with Gasteiger partial charge in [-0.25, -0.2) is 0 Å². The summed E-state index contributed by atoms with van der Waals surface area (Å²) in [6.07, 6.45) is 0.856. The topological polar surface area (TPSA) is 54.3 Å². The minimum Gasteiger partial charge on any atom is -0.480 e. The molecular formula is C13H14Cl2N2O2. The van der Waals surface area contributed by atoms with Gasteiger partial charge in [0.25, 0.3) is 0 Å². The van der Waals surface area contributed by atoms with E-state index >= 15 is 0 Å². The predicted octanol–water partition coefficient (Wildman–Crippen LogP) is 2.45. The first-order valence-corrected chi connectivity index (χ1v) is 6.26. The Labute approximate surface area is 121 Å². The van der Waals surface area contributed by atoms with E-state index in [1.165, 1.54) is 5.56 Å². The van der Waals surface area contributed by atoms with Crippen LogP contribution in [0.3, 0.4) is 0 Å². The molecule has 19 heavy (non-hydrogen) atoms. The number of aliphatic carboxylic acids is 1. The van der Waals surface area contributed by atoms with E-state index in [0.29, 0.717) is 5.02 Å². The third kappa shape index (κ3) is 2.43. The molecule has 0 atom stereocenters. The second-order valence-corrected chi connectivity index (χ2v) is 4.93. The second-order valence-electron chi connectivity index (χ2n) is 4.49. The lowest BCUT2D eigenvalue weighted by Crippen LogP contribution is -2.25. The summed E-state index contributed by atoms with van der Waals surface area (Å²) in [4.78, 5) is 11.0. The maximum absolute atomic E-state index is 11.0. The standard InChI is InChI=1S/C13H13ClN2O2.ClH/c14-8-1-2-11-9(5-8)10-6-15-4-3-12(10)16(11)7-13(17)18;/h1-2,5,15H,3-4,6-7H2,(H,17,18);1H. The van der Waals surface area contributed by atoms with E-state index in [0.717, 1.165) is 36.1 Å². The number of aromatic nitrogens is 1. The third-order valence-corrected chi connectivity index (χ3v) is 3.62. The van der Waals surface area contributed by atoms with Crippen LogP contribution in [0, 0.1) is 0 Å². The molecular weight excluding hydrogens is 287 g/mol. The summed E-state index contributed by atoms with van der Waals surface area (Å²) in [6, 6.07) is 5.63. The summed E-state index contributed by atoms with van der Waals surface area (Å²) >= 11 is 6.03. The van der Waals surface area contributed by atoms with Gasteiger partial charge in [-0.1, -0.05) is 11.6 Å². The van der Waals surface area contributed by atoms with Crippen molar-refractivity contribution < 1.29 is 9.90 Å². The molecule has 1 aliphatic rings. The first-order valence-electron chi connectivity index (χ1n) is 5.89. The van der Waals surface area contributed by atoms with Crippen LogP contribution in [0.15, 0.2) is 18.2 Å². The first-order chi connectivity index (χ1) is 8.66. The van der Waals surface area contributed by atoms with E-state index in [9.17, 15) is 4.79 Å². The average Bonchev–Trinajstić information content (AvgIpc) is 2.64. The van der Waals surface area contributed by atoms with Crippen LogP contribution in [-0.4, -0.2) is 22.2 Å². The van der Waals surface area contributed by atoms with Crippen molar-refractivity contribution >= 4 is 40.9 Å². The van der Waals surface area contributed by atoms with Crippen LogP contribution in [0.4, 0.5) is 0 Å². The zero-order chi connectivity index (χ0) is 12.7. The SMILES string of the molecule is Cl.O=C(O)Cn1c2c(c3cc(Cl)ccc31)CNCC2. The highest BCUT2D eigenvalue weighted by molar-refractivity contribution is 6.31. The number of rotatable bonds is 2. The number of fused-ring (bicyclic) bond motifs is 3. The van der Waals surface area contributed by atoms with E-state index in [2.05, 4.69) is 5.32 Å². The van der Waals surface area contributed by atoms with Gasteiger partial charge in [0.1, 0.15) is 6.54 Å². The number of carbonyl (C=O) groups is 1. The molecule has 0 fully saturated rings. The largest absolute Gasteiger partial charge is 0.480 e. The number of benzene rings is 1. The lowest BCUT2D eigenvalue weighted by atomic mass is 10.1. The smallest absolute Gasteiger partial charge is 0.323 e. The normalized spacial score (nSPS) is 13.9. The molecule has 0 spiro atoms. The van der Waals surface area contributed by atoms with E-state index < -0.39 is 5.97 Å². The third-order valence-electron chi connectivity index (χ3n) is 3.38. The van der Waals surface area contributed by atoms with Crippen molar-refractivity contribution in [1.82, 2.24) is 9.88 Å². The molecule has 2 aromatic rings. The van der Waals surface area contributed by atoms with Gasteiger partial charge in [0.05, 0.1) is 0 Å². The summed E-state index contributed by atoms with van der Waals surface area (Å²) in [7, 11) is 0. The van der Waals surface area contributed by atoms with E-state index in [1.807, 2.05) is 16.7 Å². The fraction of sp³-hybridized carbons (Fsp3) is 0.308. The van der Waals surface area contributed by atoms with Gasteiger partial charge in [-0.2, -0.15) is 0 Å². The molecule has 0 aliphatic carbocycles. The van der Waals surface area contributed by atoms with Gasteiger partial charge in [0.15, 0.2) is 0 Å². The maximum atomic E-state index is 11.0. The van der Waals surface area contributed by atoms with Crippen molar-refractivity contribution in [3.63, 3.8) is 0 Å². The highest BCUT2D eigenvalue weighted by Crippen LogP contribution is 2.30. The van der Waals surface area contributed by atoms with Crippen LogP contribution >= 0.6 is 24.0 Å². The Morgan fingerprint density at radius 2 is 2.26 bits per heavy atom. The van der Waals surface area contributed by atoms with Gasteiger partial charge in [0, 0.05) is 41.1 Å². The lowest BCUT2D eigenvalue weighted by Gasteiger charge is -2.16. The van der Waals surface area contributed by atoms with Crippen molar-refractivity contribution in [1.29, 1.82) is 0 Å². The summed E-state index contributed by atoms with van der Waals surface area (Å²) < 4.78 is 1.89. The zero-order valence-electron chi connectivity index (χ0n) is 10.1. The number of halogens is 2. The van der Waals surface area contributed by atoms with Gasteiger partial charge in [-0.15, -0.1) is 12.4 Å². The van der Waals surface area contributed by atoms with Crippen molar-refractivity contribution in [3.05, 3.63) is 34.5 Å². The quantitative estimate of drug-likeness (QED) is 0.896. The molecule has 6 heteroatoms. The summed E-state index contributed by atoms with van der Waals surface area (Å²) in [5.41, 5.74) is 3.25. The molecule has 1 aromatic carbocycles. The fourth-order valence-corrected chi connectivity index (χ4v) is 2.84. The number of nitrogens with zero attached hydrogens (tertiary/aromatic N) is 1. The molecule has 102 valence electrons. The zero-order valence-corrected chi connectivity index (χ0v) is 11.7. The Kier molecular flexibility index (Phi) is 4.04. The van der Waals surface area contributed by atoms with Crippen LogP contribution in [0.25, 0.3) is 10.9 Å². The number of hydrogen-bond donors (Lipinski definition) is 2. The monoisotopic (exact) mass is 300 g/mol. The average molecular weight is 301 g/mol. The molecule has 2 heterocycles. The molecule has 0 saturated carbocycles. The van der Waals surface area contributed by atoms with Crippen LogP contribution in [-0.2, 0) is 24.3 Å². The molecule has 0 radical (unpaired) electrons. The highest BCUT2D eigenvalue weighted by Gasteiger charge is 2.20. The van der Waals surface area contributed by atoms with Crippen LogP contribution < -0.4 is 5.32 Å². The van der Waals surface area contributed by atoms with Crippen molar-refractivity contribution in [2.45, 2.75) is 19.5 Å². The van der Waals surface area contributed by atoms with E-state index in [-0.39, 0.29) is 19.0 Å². The molecule has 0 bridgehead atoms. The Balaban J connectivity index is 0.00000133. The number of hydrogen-bond acceptors (Lipinski definition) is 2. The van der Waals surface area contributed by atoms with Crippen LogP contribution in [0.5, 0.6) is 0 Å². The van der Waals surface area contributed by atoms with Gasteiger partial charge in [-0.3, -0.25) is 4.79 Å². The molecule has 2 N–H and O–H groups in total. The van der Waals surface area contributed by atoms with Crippen molar-refractivity contribution in [3.8, 4) is 0 Å². The Bertz CT molecular complexity index is 637. The van der Waals surface area contributed by atoms with Gasteiger partial charge >= 0.3 is 5.97 Å². The van der Waals surface area contributed by atoms with Gasteiger partial charge in [0.2, 0.25) is 0 Å². The number of carboxylic acids is 1. The summed E-state index contributed by atoms with van der Waals surface area (Å²) in [5, 5.41) is 14.1. The second kappa shape index (κ2) is 5.41. The molecule has 1 aliphatic heterocycles. The first kappa shape index (κ1) is 14.2. The van der Waals surface area contributed by atoms with Gasteiger partial charge < -0.3 is 15.0 Å². The molecule has 0 amide bonds.